The number of carbonyl (C=O) groups excluding carboxylic acids is 3. The lowest BCUT2D eigenvalue weighted by Crippen LogP contribution is -2.76. The summed E-state index contributed by atoms with van der Waals surface area (Å²) in [6.07, 6.45) is -1.18. The Morgan fingerprint density at radius 2 is 2.06 bits per heavy atom. The van der Waals surface area contributed by atoms with Crippen molar-refractivity contribution in [1.29, 1.82) is 0 Å². The smallest absolute Gasteiger partial charge is 0.328 e. The van der Waals surface area contributed by atoms with Crippen LogP contribution in [-0.4, -0.2) is 61.5 Å². The number of urea groups is 1. The monoisotopic (exact) mass is 434 g/mol. The number of morpholine rings is 1. The average molecular weight is 434 g/mol. The minimum atomic E-state index is -1.71. The van der Waals surface area contributed by atoms with E-state index in [2.05, 4.69) is 15.8 Å². The van der Waals surface area contributed by atoms with Crippen molar-refractivity contribution in [3.8, 4) is 0 Å². The first-order chi connectivity index (χ1) is 14.8. The number of imide groups is 2. The van der Waals surface area contributed by atoms with Gasteiger partial charge in [-0.1, -0.05) is 5.16 Å². The number of carbonyl (C=O) groups is 3. The zero-order chi connectivity index (χ0) is 22.1. The fourth-order valence-electron chi connectivity index (χ4n) is 5.15. The van der Waals surface area contributed by atoms with E-state index in [1.807, 2.05) is 6.92 Å². The van der Waals surface area contributed by atoms with Crippen LogP contribution in [0.3, 0.4) is 0 Å². The molecule has 11 heteroatoms. The van der Waals surface area contributed by atoms with Gasteiger partial charge in [-0.05, 0) is 25.5 Å². The summed E-state index contributed by atoms with van der Waals surface area (Å²) < 4.78 is 32.2. The van der Waals surface area contributed by atoms with Crippen LogP contribution in [0.1, 0.15) is 19.6 Å². The number of aryl methyl sites for hydroxylation is 1. The van der Waals surface area contributed by atoms with Crippen molar-refractivity contribution in [2.75, 3.05) is 25.2 Å². The van der Waals surface area contributed by atoms with Crippen LogP contribution in [0.25, 0.3) is 11.0 Å². The van der Waals surface area contributed by atoms with E-state index in [4.69, 9.17) is 14.0 Å². The lowest BCUT2D eigenvalue weighted by molar-refractivity contribution is -0.157. The highest BCUT2D eigenvalue weighted by Crippen LogP contribution is 2.49. The Hall–Kier alpha value is -3.05. The summed E-state index contributed by atoms with van der Waals surface area (Å²) in [6.45, 7) is 3.80. The number of hydrogen-bond acceptors (Lipinski definition) is 8. The molecule has 10 nitrogen and oxygen atoms in total. The largest absolute Gasteiger partial charge is 0.382 e. The molecule has 0 aliphatic carbocycles. The Morgan fingerprint density at radius 3 is 2.74 bits per heavy atom. The number of ether oxygens (including phenoxy) is 2. The van der Waals surface area contributed by atoms with Crippen molar-refractivity contribution < 1.29 is 34.2 Å². The molecule has 3 atom stereocenters. The zero-order valence-corrected chi connectivity index (χ0v) is 17.2. The number of halogens is 1. The van der Waals surface area contributed by atoms with Gasteiger partial charge in [0.25, 0.3) is 0 Å². The minimum Gasteiger partial charge on any atom is -0.382 e. The second-order valence-electron chi connectivity index (χ2n) is 8.27. The standard InChI is InChI=1S/C20H21FN4O6.H2/c1-8-6-25-14-10(4-11-9(2)24-31-15(11)13(14)21)5-20(16(25)12(30-8)7-29-3)17(26)22-19(28)23-18(20)27;/h4,8,12,16H,5-7H2,1-3H3,(H2,22,23,26,27,28);1H/t8-,12+,16-;/m1./s1. The van der Waals surface area contributed by atoms with E-state index in [0.29, 0.717) is 16.6 Å². The van der Waals surface area contributed by atoms with E-state index in [1.54, 1.807) is 17.9 Å². The summed E-state index contributed by atoms with van der Waals surface area (Å²) in [4.78, 5) is 39.9. The predicted octanol–water partition coefficient (Wildman–Crippen LogP) is 1.04. The number of nitrogens with zero attached hydrogens (tertiary/aromatic N) is 2. The average Bonchev–Trinajstić information content (AvgIpc) is 3.06. The molecule has 2 fully saturated rings. The molecule has 3 aliphatic rings. The summed E-state index contributed by atoms with van der Waals surface area (Å²) in [5.74, 6) is -2.10. The minimum absolute atomic E-state index is 0. The number of anilines is 1. The number of fused-ring (bicyclic) bond motifs is 5. The summed E-state index contributed by atoms with van der Waals surface area (Å²) in [7, 11) is 1.47. The summed E-state index contributed by atoms with van der Waals surface area (Å²) in [6, 6.07) is -0.0944. The molecule has 0 bridgehead atoms. The third-order valence-corrected chi connectivity index (χ3v) is 6.34. The van der Waals surface area contributed by atoms with E-state index >= 15 is 4.39 Å². The van der Waals surface area contributed by atoms with E-state index in [1.165, 1.54) is 7.11 Å². The first-order valence-electron chi connectivity index (χ1n) is 9.93. The Bertz CT molecular complexity index is 1120. The van der Waals surface area contributed by atoms with Gasteiger partial charge in [0, 0.05) is 26.9 Å². The lowest BCUT2D eigenvalue weighted by Gasteiger charge is -2.55. The quantitative estimate of drug-likeness (QED) is 0.672. The number of barbiturate groups is 1. The third kappa shape index (κ3) is 2.62. The predicted molar refractivity (Wildman–Crippen MR) is 106 cm³/mol. The first kappa shape index (κ1) is 19.9. The third-order valence-electron chi connectivity index (χ3n) is 6.34. The van der Waals surface area contributed by atoms with Crippen LogP contribution >= 0.6 is 0 Å². The number of rotatable bonds is 2. The molecule has 1 aromatic carbocycles. The van der Waals surface area contributed by atoms with Crippen LogP contribution in [0.15, 0.2) is 10.6 Å². The second kappa shape index (κ2) is 6.72. The summed E-state index contributed by atoms with van der Waals surface area (Å²) in [5, 5.41) is 8.74. The van der Waals surface area contributed by atoms with Gasteiger partial charge in [-0.25, -0.2) is 9.18 Å². The van der Waals surface area contributed by atoms with Crippen molar-refractivity contribution in [3.63, 3.8) is 0 Å². The molecule has 0 radical (unpaired) electrons. The molecular formula is C20H23FN4O6. The molecule has 4 heterocycles. The van der Waals surface area contributed by atoms with Crippen LogP contribution in [-0.2, 0) is 25.5 Å². The van der Waals surface area contributed by atoms with Crippen molar-refractivity contribution in [2.45, 2.75) is 38.5 Å². The number of methoxy groups -OCH3 is 1. The molecule has 1 aromatic heterocycles. The maximum atomic E-state index is 15.7. The molecule has 0 unspecified atom stereocenters. The first-order valence-corrected chi connectivity index (χ1v) is 9.93. The molecule has 31 heavy (non-hydrogen) atoms. The number of hydrogen-bond donors (Lipinski definition) is 2. The van der Waals surface area contributed by atoms with Gasteiger partial charge in [0.1, 0.15) is 6.10 Å². The Morgan fingerprint density at radius 1 is 1.35 bits per heavy atom. The fourth-order valence-corrected chi connectivity index (χ4v) is 5.15. The molecule has 3 aliphatic heterocycles. The normalized spacial score (nSPS) is 27.2. The van der Waals surface area contributed by atoms with Gasteiger partial charge in [-0.15, -0.1) is 0 Å². The van der Waals surface area contributed by atoms with E-state index in [9.17, 15) is 14.4 Å². The van der Waals surface area contributed by atoms with Crippen LogP contribution in [0.5, 0.6) is 0 Å². The van der Waals surface area contributed by atoms with E-state index in [-0.39, 0.29) is 38.4 Å². The molecule has 1 spiro atoms. The Balaban J connectivity index is 0.00000245. The highest BCUT2D eigenvalue weighted by Gasteiger charge is 2.64. The highest BCUT2D eigenvalue weighted by atomic mass is 19.1. The Labute approximate surface area is 177 Å². The van der Waals surface area contributed by atoms with Gasteiger partial charge < -0.3 is 18.9 Å². The molecule has 4 amide bonds. The van der Waals surface area contributed by atoms with Gasteiger partial charge in [0.2, 0.25) is 17.4 Å². The molecule has 2 saturated heterocycles. The van der Waals surface area contributed by atoms with Crippen LogP contribution in [0.2, 0.25) is 0 Å². The summed E-state index contributed by atoms with van der Waals surface area (Å²) >= 11 is 0. The zero-order valence-electron chi connectivity index (χ0n) is 17.2. The van der Waals surface area contributed by atoms with Gasteiger partial charge in [-0.2, -0.15) is 0 Å². The van der Waals surface area contributed by atoms with Crippen LogP contribution in [0, 0.1) is 18.2 Å². The van der Waals surface area contributed by atoms with Crippen molar-refractivity contribution in [2.24, 2.45) is 5.41 Å². The maximum Gasteiger partial charge on any atom is 0.328 e. The van der Waals surface area contributed by atoms with Crippen molar-refractivity contribution in [3.05, 3.63) is 23.1 Å². The maximum absolute atomic E-state index is 15.7. The topological polar surface area (TPSA) is 123 Å². The van der Waals surface area contributed by atoms with Crippen LogP contribution in [0.4, 0.5) is 14.9 Å². The van der Waals surface area contributed by atoms with Gasteiger partial charge in [0.05, 0.1) is 30.1 Å². The molecule has 2 aromatic rings. The van der Waals surface area contributed by atoms with Crippen molar-refractivity contribution >= 4 is 34.5 Å². The number of aromatic nitrogens is 1. The molecule has 166 valence electrons. The molecule has 5 rings (SSSR count). The molecular weight excluding hydrogens is 411 g/mol. The second-order valence-corrected chi connectivity index (χ2v) is 8.27. The van der Waals surface area contributed by atoms with E-state index < -0.39 is 41.2 Å². The Kier molecular flexibility index (Phi) is 4.31. The van der Waals surface area contributed by atoms with E-state index in [0.717, 1.165) is 0 Å². The SMILES string of the molecule is COC[C@@H]1O[C@H](C)CN2c3c(cc4c(C)noc4c3F)CC3(C(=O)NC(=O)NC3=O)[C@@H]12.[HH]. The highest BCUT2D eigenvalue weighted by molar-refractivity contribution is 6.20. The van der Waals surface area contributed by atoms with Crippen LogP contribution < -0.4 is 15.5 Å². The van der Waals surface area contributed by atoms with Gasteiger partial charge in [-0.3, -0.25) is 20.2 Å². The number of nitrogens with one attached hydrogen (secondary N) is 2. The van der Waals surface area contributed by atoms with Crippen molar-refractivity contribution in [1.82, 2.24) is 15.8 Å². The van der Waals surface area contributed by atoms with Gasteiger partial charge in [0.15, 0.2) is 11.2 Å². The fraction of sp³-hybridized carbons (Fsp3) is 0.500. The molecule has 0 saturated carbocycles. The number of benzene rings is 1. The van der Waals surface area contributed by atoms with Gasteiger partial charge >= 0.3 is 6.03 Å². The lowest BCUT2D eigenvalue weighted by atomic mass is 9.66. The number of amides is 4. The molecule has 2 N–H and O–H groups in total. The summed E-state index contributed by atoms with van der Waals surface area (Å²) in [5.41, 5.74) is -0.505.